The molecule has 4 aromatic rings. The standard InChI is InChI=1S/C32H38N2O4/c1-21(2)12-17-30-33-26-18-28(36-6)29(37-7)19-27(26)34(30)20-22-13-15-23(16-14-22)24-10-8-9-11-25(24)31(35)38-32(3,4)5/h8-11,13-16,18-19,21H,12,17,20H2,1-7H3. The van der Waals surface area contributed by atoms with Crippen molar-refractivity contribution in [2.45, 2.75) is 59.6 Å². The summed E-state index contributed by atoms with van der Waals surface area (Å²) in [5.41, 5.74) is 4.89. The molecule has 3 aromatic carbocycles. The highest BCUT2D eigenvalue weighted by Gasteiger charge is 2.21. The molecule has 1 heterocycles. The fraction of sp³-hybridized carbons (Fsp3) is 0.375. The van der Waals surface area contributed by atoms with Crippen LogP contribution >= 0.6 is 0 Å². The number of fused-ring (bicyclic) bond motifs is 1. The van der Waals surface area contributed by atoms with E-state index in [4.69, 9.17) is 19.2 Å². The average Bonchev–Trinajstić information content (AvgIpc) is 3.22. The van der Waals surface area contributed by atoms with Gasteiger partial charge in [0, 0.05) is 25.1 Å². The Morgan fingerprint density at radius 2 is 1.61 bits per heavy atom. The van der Waals surface area contributed by atoms with Gasteiger partial charge in [0.15, 0.2) is 11.5 Å². The minimum atomic E-state index is -0.554. The summed E-state index contributed by atoms with van der Waals surface area (Å²) in [4.78, 5) is 17.8. The van der Waals surface area contributed by atoms with Crippen molar-refractivity contribution < 1.29 is 19.0 Å². The van der Waals surface area contributed by atoms with Gasteiger partial charge in [0.25, 0.3) is 0 Å². The van der Waals surface area contributed by atoms with Crippen molar-refractivity contribution in [1.82, 2.24) is 9.55 Å². The second-order valence-electron chi connectivity index (χ2n) is 11.0. The molecule has 0 aliphatic rings. The summed E-state index contributed by atoms with van der Waals surface area (Å²) < 4.78 is 19.0. The minimum Gasteiger partial charge on any atom is -0.493 e. The van der Waals surface area contributed by atoms with Gasteiger partial charge in [0.1, 0.15) is 11.4 Å². The highest BCUT2D eigenvalue weighted by atomic mass is 16.6. The Kier molecular flexibility index (Phi) is 8.10. The molecule has 0 spiro atoms. The number of ether oxygens (including phenoxy) is 3. The van der Waals surface area contributed by atoms with Crippen molar-refractivity contribution in [3.63, 3.8) is 0 Å². The summed E-state index contributed by atoms with van der Waals surface area (Å²) >= 11 is 0. The van der Waals surface area contributed by atoms with Gasteiger partial charge in [-0.2, -0.15) is 0 Å². The molecule has 0 bridgehead atoms. The van der Waals surface area contributed by atoms with Crippen molar-refractivity contribution in [3.8, 4) is 22.6 Å². The lowest BCUT2D eigenvalue weighted by Crippen LogP contribution is -2.24. The fourth-order valence-electron chi connectivity index (χ4n) is 4.50. The van der Waals surface area contributed by atoms with Gasteiger partial charge in [0.05, 0.1) is 30.8 Å². The minimum absolute atomic E-state index is 0.318. The number of hydrogen-bond donors (Lipinski definition) is 0. The van der Waals surface area contributed by atoms with Crippen LogP contribution in [0.3, 0.4) is 0 Å². The van der Waals surface area contributed by atoms with Crippen LogP contribution in [0.25, 0.3) is 22.2 Å². The van der Waals surface area contributed by atoms with E-state index in [2.05, 4.69) is 42.7 Å². The summed E-state index contributed by atoms with van der Waals surface area (Å²) in [7, 11) is 3.29. The number of rotatable bonds is 9. The van der Waals surface area contributed by atoms with Crippen LogP contribution in [0.1, 0.15) is 62.8 Å². The van der Waals surface area contributed by atoms with E-state index in [0.29, 0.717) is 29.5 Å². The molecule has 0 unspecified atom stereocenters. The van der Waals surface area contributed by atoms with E-state index in [1.165, 1.54) is 0 Å². The molecular weight excluding hydrogens is 476 g/mol. The Balaban J connectivity index is 1.68. The third kappa shape index (κ3) is 6.18. The molecule has 1 aromatic heterocycles. The van der Waals surface area contributed by atoms with Gasteiger partial charge in [-0.1, -0.05) is 56.3 Å². The second-order valence-corrected chi connectivity index (χ2v) is 11.0. The van der Waals surface area contributed by atoms with Gasteiger partial charge in [-0.25, -0.2) is 9.78 Å². The van der Waals surface area contributed by atoms with E-state index in [1.54, 1.807) is 14.2 Å². The van der Waals surface area contributed by atoms with Crippen LogP contribution in [0.2, 0.25) is 0 Å². The first-order valence-electron chi connectivity index (χ1n) is 13.1. The number of aryl methyl sites for hydroxylation is 1. The van der Waals surface area contributed by atoms with Crippen LogP contribution in [0.4, 0.5) is 0 Å². The molecule has 0 aliphatic heterocycles. The Labute approximate surface area is 225 Å². The summed E-state index contributed by atoms with van der Waals surface area (Å²) in [6.07, 6.45) is 1.94. The quantitative estimate of drug-likeness (QED) is 0.219. The first-order chi connectivity index (χ1) is 18.1. The summed E-state index contributed by atoms with van der Waals surface area (Å²) in [6.45, 7) is 10.8. The molecule has 38 heavy (non-hydrogen) atoms. The largest absolute Gasteiger partial charge is 0.493 e. The number of imidazole rings is 1. The van der Waals surface area contributed by atoms with Gasteiger partial charge >= 0.3 is 5.97 Å². The third-order valence-corrected chi connectivity index (χ3v) is 6.43. The van der Waals surface area contributed by atoms with Gasteiger partial charge in [-0.3, -0.25) is 0 Å². The van der Waals surface area contributed by atoms with Crippen molar-refractivity contribution in [1.29, 1.82) is 0 Å². The van der Waals surface area contributed by atoms with E-state index < -0.39 is 5.60 Å². The highest BCUT2D eigenvalue weighted by Crippen LogP contribution is 2.33. The molecule has 0 N–H and O–H groups in total. The van der Waals surface area contributed by atoms with Crippen molar-refractivity contribution in [3.05, 3.63) is 77.6 Å². The number of methoxy groups -OCH3 is 2. The maximum absolute atomic E-state index is 12.9. The molecule has 0 radical (unpaired) electrons. The van der Waals surface area contributed by atoms with Gasteiger partial charge < -0.3 is 18.8 Å². The average molecular weight is 515 g/mol. The zero-order chi connectivity index (χ0) is 27.4. The predicted octanol–water partition coefficient (Wildman–Crippen LogP) is 7.31. The van der Waals surface area contributed by atoms with Crippen LogP contribution in [-0.2, 0) is 17.7 Å². The molecule has 0 saturated heterocycles. The number of carbonyl (C=O) groups excluding carboxylic acids is 1. The Morgan fingerprint density at radius 3 is 2.24 bits per heavy atom. The van der Waals surface area contributed by atoms with Crippen LogP contribution in [-0.4, -0.2) is 35.3 Å². The van der Waals surface area contributed by atoms with Crippen LogP contribution in [0.5, 0.6) is 11.5 Å². The van der Waals surface area contributed by atoms with Crippen LogP contribution in [0, 0.1) is 5.92 Å². The SMILES string of the molecule is COc1cc2nc(CCC(C)C)n(Cc3ccc(-c4ccccc4C(=O)OC(C)(C)C)cc3)c2cc1OC. The fourth-order valence-corrected chi connectivity index (χ4v) is 4.50. The van der Waals surface area contributed by atoms with Gasteiger partial charge in [0.2, 0.25) is 0 Å². The normalized spacial score (nSPS) is 11.7. The van der Waals surface area contributed by atoms with Crippen molar-refractivity contribution >= 4 is 17.0 Å². The van der Waals surface area contributed by atoms with Crippen molar-refractivity contribution in [2.75, 3.05) is 14.2 Å². The van der Waals surface area contributed by atoms with Crippen molar-refractivity contribution in [2.24, 2.45) is 5.92 Å². The molecule has 4 rings (SSSR count). The molecule has 0 aliphatic carbocycles. The number of nitrogens with zero attached hydrogens (tertiary/aromatic N) is 2. The number of aromatic nitrogens is 2. The lowest BCUT2D eigenvalue weighted by atomic mass is 9.98. The number of benzene rings is 3. The molecule has 6 nitrogen and oxygen atoms in total. The summed E-state index contributed by atoms with van der Waals surface area (Å²) in [6, 6.07) is 19.9. The van der Waals surface area contributed by atoms with E-state index in [9.17, 15) is 4.79 Å². The summed E-state index contributed by atoms with van der Waals surface area (Å²) in [5, 5.41) is 0. The predicted molar refractivity (Wildman–Crippen MR) is 152 cm³/mol. The smallest absolute Gasteiger partial charge is 0.339 e. The van der Waals surface area contributed by atoms with E-state index >= 15 is 0 Å². The third-order valence-electron chi connectivity index (χ3n) is 6.43. The number of carbonyl (C=O) groups is 1. The monoisotopic (exact) mass is 514 g/mol. The maximum Gasteiger partial charge on any atom is 0.339 e. The lowest BCUT2D eigenvalue weighted by Gasteiger charge is -2.20. The molecule has 200 valence electrons. The number of esters is 1. The summed E-state index contributed by atoms with van der Waals surface area (Å²) in [5.74, 6) is 2.67. The molecule has 0 atom stereocenters. The second kappa shape index (κ2) is 11.3. The molecule has 0 amide bonds. The molecule has 6 heteroatoms. The van der Waals surface area contributed by atoms with Crippen LogP contribution in [0.15, 0.2) is 60.7 Å². The first kappa shape index (κ1) is 27.2. The Bertz CT molecular complexity index is 1410. The van der Waals surface area contributed by atoms with E-state index in [-0.39, 0.29) is 5.97 Å². The molecular formula is C32H38N2O4. The lowest BCUT2D eigenvalue weighted by molar-refractivity contribution is 0.00704. The van der Waals surface area contributed by atoms with E-state index in [1.807, 2.05) is 57.2 Å². The molecule has 0 fully saturated rings. The van der Waals surface area contributed by atoms with E-state index in [0.717, 1.165) is 46.4 Å². The van der Waals surface area contributed by atoms with Gasteiger partial charge in [-0.15, -0.1) is 0 Å². The first-order valence-corrected chi connectivity index (χ1v) is 13.1. The van der Waals surface area contributed by atoms with Gasteiger partial charge in [-0.05, 0) is 55.9 Å². The Morgan fingerprint density at radius 1 is 0.947 bits per heavy atom. The zero-order valence-corrected chi connectivity index (χ0v) is 23.5. The number of hydrogen-bond acceptors (Lipinski definition) is 5. The Hall–Kier alpha value is -3.80. The van der Waals surface area contributed by atoms with Crippen LogP contribution < -0.4 is 9.47 Å². The highest BCUT2D eigenvalue weighted by molar-refractivity contribution is 5.97. The zero-order valence-electron chi connectivity index (χ0n) is 23.5. The molecule has 0 saturated carbocycles. The topological polar surface area (TPSA) is 62.6 Å². The maximum atomic E-state index is 12.9.